The molecule has 0 saturated carbocycles. The van der Waals surface area contributed by atoms with Gasteiger partial charge in [-0.2, -0.15) is 0 Å². The van der Waals surface area contributed by atoms with Crippen molar-refractivity contribution in [3.8, 4) is 5.75 Å². The second-order valence-corrected chi connectivity index (χ2v) is 6.55. The van der Waals surface area contributed by atoms with Crippen molar-refractivity contribution in [2.75, 3.05) is 18.4 Å². The number of anilines is 2. The molecule has 1 aliphatic rings. The van der Waals surface area contributed by atoms with Gasteiger partial charge in [0.2, 0.25) is 0 Å². The average molecular weight is 373 g/mol. The maximum atomic E-state index is 13.2. The van der Waals surface area contributed by atoms with Crippen LogP contribution in [-0.2, 0) is 0 Å². The molecule has 9 heteroatoms. The molecule has 2 aromatic carbocycles. The summed E-state index contributed by atoms with van der Waals surface area (Å²) in [4.78, 5) is 12.4. The van der Waals surface area contributed by atoms with Gasteiger partial charge in [-0.1, -0.05) is 0 Å². The number of nitrogens with one attached hydrogen (secondary N) is 1. The number of hydrogen-bond acceptors (Lipinski definition) is 6. The van der Waals surface area contributed by atoms with Crippen LogP contribution in [0.3, 0.4) is 0 Å². The van der Waals surface area contributed by atoms with Gasteiger partial charge >= 0.3 is 7.05 Å². The first-order valence-electron chi connectivity index (χ1n) is 8.82. The van der Waals surface area contributed by atoms with E-state index in [9.17, 15) is 19.5 Å². The molecule has 1 aliphatic heterocycles. The number of halogens is 1. The van der Waals surface area contributed by atoms with Gasteiger partial charge in [-0.05, 0) is 69.2 Å². The van der Waals surface area contributed by atoms with Gasteiger partial charge in [-0.3, -0.25) is 10.1 Å². The standard InChI is InChI=1S/C18H21BFN3O4/c1-19(24)22-10-8-16(9-11-22)27-15-5-3-14(4-6-15)21-17-7-2-13(20)12-18(17)23(25)26/h2-7,12,16,21,24H,8-11H2,1H3. The largest absolute Gasteiger partial charge is 0.490 e. The van der Waals surface area contributed by atoms with Gasteiger partial charge < -0.3 is 19.9 Å². The molecule has 1 saturated heterocycles. The van der Waals surface area contributed by atoms with E-state index < -0.39 is 17.8 Å². The van der Waals surface area contributed by atoms with Gasteiger partial charge in [-0.15, -0.1) is 0 Å². The van der Waals surface area contributed by atoms with Crippen LogP contribution in [-0.4, -0.2) is 41.0 Å². The smallest absolute Gasteiger partial charge is 0.376 e. The fourth-order valence-corrected chi connectivity index (χ4v) is 3.09. The van der Waals surface area contributed by atoms with Crippen LogP contribution in [0, 0.1) is 15.9 Å². The van der Waals surface area contributed by atoms with Crippen LogP contribution in [0.15, 0.2) is 42.5 Å². The van der Waals surface area contributed by atoms with Gasteiger partial charge in [0.05, 0.1) is 11.0 Å². The molecule has 0 bridgehead atoms. The van der Waals surface area contributed by atoms with Crippen LogP contribution in [0.5, 0.6) is 5.75 Å². The molecule has 3 rings (SSSR count). The minimum Gasteiger partial charge on any atom is -0.490 e. The highest BCUT2D eigenvalue weighted by molar-refractivity contribution is 6.45. The van der Waals surface area contributed by atoms with Gasteiger partial charge in [0.25, 0.3) is 5.69 Å². The predicted molar refractivity (Wildman–Crippen MR) is 102 cm³/mol. The number of benzene rings is 2. The second-order valence-electron chi connectivity index (χ2n) is 6.55. The van der Waals surface area contributed by atoms with E-state index in [0.717, 1.165) is 32.0 Å². The first kappa shape index (κ1) is 19.1. The maximum Gasteiger partial charge on any atom is 0.376 e. The number of nitro benzene ring substituents is 1. The lowest BCUT2D eigenvalue weighted by Crippen LogP contribution is -2.45. The van der Waals surface area contributed by atoms with E-state index in [1.807, 2.05) is 4.81 Å². The Kier molecular flexibility index (Phi) is 5.92. The summed E-state index contributed by atoms with van der Waals surface area (Å²) in [6, 6.07) is 10.5. The van der Waals surface area contributed by atoms with Crippen molar-refractivity contribution in [1.82, 2.24) is 4.81 Å². The van der Waals surface area contributed by atoms with E-state index in [1.165, 1.54) is 12.1 Å². The molecular formula is C18H21BFN3O4. The Morgan fingerprint density at radius 2 is 1.93 bits per heavy atom. The van der Waals surface area contributed by atoms with Gasteiger partial charge in [0.1, 0.15) is 23.4 Å². The van der Waals surface area contributed by atoms with Crippen molar-refractivity contribution >= 4 is 24.1 Å². The number of nitro groups is 1. The molecular weight excluding hydrogens is 352 g/mol. The number of hydrogen-bond donors (Lipinski definition) is 2. The Morgan fingerprint density at radius 1 is 1.26 bits per heavy atom. The lowest BCUT2D eigenvalue weighted by atomic mass is 9.82. The molecule has 1 heterocycles. The minimum absolute atomic E-state index is 0.0944. The van der Waals surface area contributed by atoms with Crippen molar-refractivity contribution in [2.24, 2.45) is 0 Å². The molecule has 142 valence electrons. The molecule has 7 nitrogen and oxygen atoms in total. The summed E-state index contributed by atoms with van der Waals surface area (Å²) in [7, 11) is -0.438. The number of piperidine rings is 1. The zero-order valence-corrected chi connectivity index (χ0v) is 15.0. The number of rotatable bonds is 6. The summed E-state index contributed by atoms with van der Waals surface area (Å²) in [5, 5.41) is 23.6. The summed E-state index contributed by atoms with van der Waals surface area (Å²) < 4.78 is 19.2. The molecule has 0 unspecified atom stereocenters. The van der Waals surface area contributed by atoms with Crippen molar-refractivity contribution in [3.05, 3.63) is 58.4 Å². The lowest BCUT2D eigenvalue weighted by molar-refractivity contribution is -0.384. The summed E-state index contributed by atoms with van der Waals surface area (Å²) in [6.45, 7) is 3.34. The molecule has 0 radical (unpaired) electrons. The van der Waals surface area contributed by atoms with Crippen molar-refractivity contribution in [1.29, 1.82) is 0 Å². The second kappa shape index (κ2) is 8.36. The third-order valence-corrected chi connectivity index (χ3v) is 4.60. The SMILES string of the molecule is CB(O)N1CCC(Oc2ccc(Nc3ccc(F)cc3[N+](=O)[O-])cc2)CC1. The van der Waals surface area contributed by atoms with Crippen LogP contribution in [0.25, 0.3) is 0 Å². The van der Waals surface area contributed by atoms with E-state index in [4.69, 9.17) is 4.74 Å². The summed E-state index contributed by atoms with van der Waals surface area (Å²) in [5.41, 5.74) is 0.543. The van der Waals surface area contributed by atoms with Gasteiger partial charge in [-0.25, -0.2) is 4.39 Å². The molecule has 1 fully saturated rings. The van der Waals surface area contributed by atoms with Crippen molar-refractivity contribution in [3.63, 3.8) is 0 Å². The van der Waals surface area contributed by atoms with Crippen LogP contribution in [0.1, 0.15) is 12.8 Å². The summed E-state index contributed by atoms with van der Waals surface area (Å²) in [5.74, 6) is 0.0577. The molecule has 0 aliphatic carbocycles. The average Bonchev–Trinajstić information content (AvgIpc) is 2.65. The van der Waals surface area contributed by atoms with Crippen molar-refractivity contribution in [2.45, 2.75) is 25.8 Å². The molecule has 0 spiro atoms. The van der Waals surface area contributed by atoms with Crippen LogP contribution >= 0.6 is 0 Å². The number of ether oxygens (including phenoxy) is 1. The third-order valence-electron chi connectivity index (χ3n) is 4.60. The first-order chi connectivity index (χ1) is 12.9. The van der Waals surface area contributed by atoms with E-state index in [-0.39, 0.29) is 17.5 Å². The highest BCUT2D eigenvalue weighted by atomic mass is 19.1. The Bertz CT molecular complexity index is 796. The molecule has 27 heavy (non-hydrogen) atoms. The molecule has 2 aromatic rings. The highest BCUT2D eigenvalue weighted by Crippen LogP contribution is 2.29. The molecule has 2 N–H and O–H groups in total. The van der Waals surface area contributed by atoms with Gasteiger partial charge in [0.15, 0.2) is 0 Å². The lowest BCUT2D eigenvalue weighted by Gasteiger charge is -2.32. The summed E-state index contributed by atoms with van der Waals surface area (Å²) in [6.07, 6.45) is 1.77. The minimum atomic E-state index is -0.655. The zero-order chi connectivity index (χ0) is 19.4. The molecule has 0 aromatic heterocycles. The zero-order valence-electron chi connectivity index (χ0n) is 15.0. The highest BCUT2D eigenvalue weighted by Gasteiger charge is 2.24. The maximum absolute atomic E-state index is 13.2. The van der Waals surface area contributed by atoms with E-state index in [1.54, 1.807) is 31.1 Å². The summed E-state index contributed by atoms with van der Waals surface area (Å²) >= 11 is 0. The predicted octanol–water partition coefficient (Wildman–Crippen LogP) is 3.43. The van der Waals surface area contributed by atoms with Crippen LogP contribution in [0.4, 0.5) is 21.5 Å². The van der Waals surface area contributed by atoms with E-state index >= 15 is 0 Å². The Labute approximate surface area is 157 Å². The quantitative estimate of drug-likeness (QED) is 0.458. The van der Waals surface area contributed by atoms with Gasteiger partial charge in [0, 0.05) is 5.69 Å². The fraction of sp³-hybridized carbons (Fsp3) is 0.333. The Balaban J connectivity index is 1.61. The monoisotopic (exact) mass is 373 g/mol. The topological polar surface area (TPSA) is 87.9 Å². The number of nitrogens with zero attached hydrogens (tertiary/aromatic N) is 2. The van der Waals surface area contributed by atoms with Crippen molar-refractivity contribution < 1.29 is 19.1 Å². The van der Waals surface area contributed by atoms with Crippen LogP contribution in [0.2, 0.25) is 6.82 Å². The Hall–Kier alpha value is -2.65. The molecule has 0 amide bonds. The Morgan fingerprint density at radius 3 is 2.52 bits per heavy atom. The normalized spacial score (nSPS) is 15.4. The first-order valence-corrected chi connectivity index (χ1v) is 8.82. The molecule has 0 atom stereocenters. The van der Waals surface area contributed by atoms with E-state index in [2.05, 4.69) is 5.32 Å². The fourth-order valence-electron chi connectivity index (χ4n) is 3.09. The van der Waals surface area contributed by atoms with E-state index in [0.29, 0.717) is 11.4 Å². The third kappa shape index (κ3) is 4.96. The van der Waals surface area contributed by atoms with Crippen LogP contribution < -0.4 is 10.1 Å².